The lowest BCUT2D eigenvalue weighted by molar-refractivity contribution is 0.0996. The summed E-state index contributed by atoms with van der Waals surface area (Å²) in [5, 5.41) is 1.55. The monoisotopic (exact) mass is 520 g/mol. The van der Waals surface area contributed by atoms with Crippen LogP contribution in [0.15, 0.2) is 30.6 Å². The summed E-state index contributed by atoms with van der Waals surface area (Å²) < 4.78 is 1.83. The Bertz CT molecular complexity index is 1430. The Morgan fingerprint density at radius 2 is 1.61 bits per heavy atom. The molecule has 0 bridgehead atoms. The van der Waals surface area contributed by atoms with E-state index in [-0.39, 0.29) is 24.5 Å². The number of hydrogen-bond acceptors (Lipinski definition) is 7. The van der Waals surface area contributed by atoms with E-state index in [9.17, 15) is 4.79 Å². The second-order valence-corrected chi connectivity index (χ2v) is 10.0. The van der Waals surface area contributed by atoms with E-state index in [0.29, 0.717) is 35.1 Å². The van der Waals surface area contributed by atoms with Gasteiger partial charge in [-0.2, -0.15) is 0 Å². The van der Waals surface area contributed by atoms with Crippen LogP contribution in [0.3, 0.4) is 0 Å². The molecule has 0 saturated carbocycles. The summed E-state index contributed by atoms with van der Waals surface area (Å²) in [5.74, 6) is 0.354. The lowest BCUT2D eigenvalue weighted by Gasteiger charge is -2.63. The van der Waals surface area contributed by atoms with E-state index in [4.69, 9.17) is 78.5 Å². The Morgan fingerprint density at radius 3 is 2.17 bits per heavy atom. The molecule has 0 saturated heterocycles. The normalized spacial score (nSPS) is 14.3. The highest BCUT2D eigenvalue weighted by Crippen LogP contribution is 2.43. The predicted octanol–water partition coefficient (Wildman–Crippen LogP) is -2.42. The number of aryl methyl sites for hydroxylation is 1. The fourth-order valence-electron chi connectivity index (χ4n) is 4.42. The summed E-state index contributed by atoms with van der Waals surface area (Å²) >= 11 is 0. The molecule has 3 aromatic heterocycles. The van der Waals surface area contributed by atoms with Crippen LogP contribution in [0, 0.1) is 0 Å². The minimum Gasteiger partial charge on any atom is -0.383 e. The highest BCUT2D eigenvalue weighted by molar-refractivity contribution is 6.71. The van der Waals surface area contributed by atoms with Crippen LogP contribution in [0.2, 0.25) is 10.2 Å². The standard InChI is InChI=1S/C22H18B10N8O/c1-3-38-10-34-37-17(38)13-5-4-6-15(35-13)39-9-12-11(18(39)41)7-16(36-14(12)8-33-2)40(21(29,30)19(23,24)25)22(31,32)20(26,27)28/h4-7,10,33H,3,8-9H2,1-2H3. The van der Waals surface area contributed by atoms with Crippen molar-refractivity contribution >= 4 is 96.0 Å². The van der Waals surface area contributed by atoms with Gasteiger partial charge in [0.15, 0.2) is 5.82 Å². The molecule has 19 heteroatoms. The molecule has 41 heavy (non-hydrogen) atoms. The van der Waals surface area contributed by atoms with Crippen LogP contribution >= 0.6 is 0 Å². The van der Waals surface area contributed by atoms with Gasteiger partial charge in [-0.1, -0.05) is 16.7 Å². The largest absolute Gasteiger partial charge is 0.383 e. The first-order valence-electron chi connectivity index (χ1n) is 12.5. The van der Waals surface area contributed by atoms with Crippen molar-refractivity contribution in [3.63, 3.8) is 0 Å². The Kier molecular flexibility index (Phi) is 8.28. The van der Waals surface area contributed by atoms with Crippen molar-refractivity contribution in [3.05, 3.63) is 47.4 Å². The van der Waals surface area contributed by atoms with Crippen molar-refractivity contribution < 1.29 is 4.79 Å². The van der Waals surface area contributed by atoms with Crippen LogP contribution in [0.4, 0.5) is 11.6 Å². The molecule has 0 unspecified atom stereocenters. The molecule has 4 heterocycles. The Hall–Kier alpha value is -2.68. The van der Waals surface area contributed by atoms with E-state index in [1.807, 2.05) is 11.5 Å². The number of anilines is 2. The number of hydrogen-bond donors (Lipinski definition) is 1. The van der Waals surface area contributed by atoms with Gasteiger partial charge >= 0.3 is 0 Å². The van der Waals surface area contributed by atoms with Gasteiger partial charge in [-0.3, -0.25) is 9.69 Å². The third kappa shape index (κ3) is 5.46. The number of pyridine rings is 2. The van der Waals surface area contributed by atoms with E-state index in [1.165, 1.54) is 11.0 Å². The Labute approximate surface area is 253 Å². The minimum atomic E-state index is -2.44. The van der Waals surface area contributed by atoms with Crippen molar-refractivity contribution in [2.45, 2.75) is 47.5 Å². The fraction of sp³-hybridized carbons (Fsp3) is 0.409. The minimum absolute atomic E-state index is 0.144. The average molecular weight is 519 g/mol. The van der Waals surface area contributed by atoms with Gasteiger partial charge in [0.1, 0.15) is 23.7 Å². The maximum absolute atomic E-state index is 13.9. The summed E-state index contributed by atoms with van der Waals surface area (Å²) in [7, 11) is 62.2. The first kappa shape index (κ1) is 31.3. The van der Waals surface area contributed by atoms with Gasteiger partial charge < -0.3 is 14.8 Å². The van der Waals surface area contributed by atoms with Gasteiger partial charge in [-0.15, -0.1) is 20.4 Å². The number of amides is 1. The summed E-state index contributed by atoms with van der Waals surface area (Å²) in [4.78, 5) is 25.4. The topological polar surface area (TPSA) is 92.1 Å². The first-order valence-corrected chi connectivity index (χ1v) is 12.5. The molecule has 182 valence electrons. The average Bonchev–Trinajstić information content (AvgIpc) is 3.48. The van der Waals surface area contributed by atoms with Crippen molar-refractivity contribution in [1.29, 1.82) is 0 Å². The predicted molar refractivity (Wildman–Crippen MR) is 167 cm³/mol. The molecule has 1 aliphatic heterocycles. The third-order valence-corrected chi connectivity index (χ3v) is 6.89. The van der Waals surface area contributed by atoms with Crippen LogP contribution in [-0.4, -0.2) is 127 Å². The molecule has 0 aromatic carbocycles. The summed E-state index contributed by atoms with van der Waals surface area (Å²) in [6.45, 7) is 2.95. The maximum Gasteiger partial charge on any atom is 0.260 e. The van der Waals surface area contributed by atoms with Gasteiger partial charge in [-0.25, -0.2) is 9.97 Å². The lowest BCUT2D eigenvalue weighted by atomic mass is 9.22. The van der Waals surface area contributed by atoms with E-state index in [0.717, 1.165) is 4.90 Å². The molecule has 9 nitrogen and oxygen atoms in total. The van der Waals surface area contributed by atoms with Crippen molar-refractivity contribution in [1.82, 2.24) is 30.0 Å². The van der Waals surface area contributed by atoms with E-state index >= 15 is 0 Å². The Balaban J connectivity index is 1.86. The van der Waals surface area contributed by atoms with Crippen LogP contribution in [0.1, 0.15) is 28.5 Å². The molecule has 1 N–H and O–H groups in total. The van der Waals surface area contributed by atoms with Crippen LogP contribution in [0.5, 0.6) is 0 Å². The van der Waals surface area contributed by atoms with Crippen molar-refractivity contribution in [2.75, 3.05) is 16.8 Å². The summed E-state index contributed by atoms with van der Waals surface area (Å²) in [6, 6.07) is 6.60. The van der Waals surface area contributed by atoms with Gasteiger partial charge in [0.2, 0.25) is 0 Å². The molecule has 0 atom stereocenters. The highest BCUT2D eigenvalue weighted by Gasteiger charge is 2.47. The molecule has 3 aromatic rings. The Morgan fingerprint density at radius 1 is 0.976 bits per heavy atom. The van der Waals surface area contributed by atoms with Gasteiger partial charge in [0, 0.05) is 18.7 Å². The highest BCUT2D eigenvalue weighted by atomic mass is 16.2. The zero-order valence-electron chi connectivity index (χ0n) is 22.8. The van der Waals surface area contributed by atoms with Crippen LogP contribution in [-0.2, 0) is 19.6 Å². The third-order valence-electron chi connectivity index (χ3n) is 6.89. The second-order valence-electron chi connectivity index (χ2n) is 10.0. The molecular weight excluding hydrogens is 500 g/mol. The van der Waals surface area contributed by atoms with Gasteiger partial charge in [0.25, 0.3) is 5.91 Å². The van der Waals surface area contributed by atoms with Crippen molar-refractivity contribution in [2.24, 2.45) is 0 Å². The number of rotatable bonds is 10. The second kappa shape index (κ2) is 10.9. The van der Waals surface area contributed by atoms with Gasteiger partial charge in [-0.05, 0) is 32.2 Å². The number of nitrogens with zero attached hydrogens (tertiary/aromatic N) is 7. The molecule has 4 rings (SSSR count). The number of nitrogens with one attached hydrogen (secondary N) is 1. The van der Waals surface area contributed by atoms with Gasteiger partial charge in [0.05, 0.1) is 96.3 Å². The van der Waals surface area contributed by atoms with E-state index in [1.54, 1.807) is 31.6 Å². The summed E-state index contributed by atoms with van der Waals surface area (Å²) in [6.07, 6.45) is 1.60. The zero-order chi connectivity index (χ0) is 30.5. The number of fused-ring (bicyclic) bond motifs is 1. The summed E-state index contributed by atoms with van der Waals surface area (Å²) in [5.41, 5.74) is 1.76. The van der Waals surface area contributed by atoms with Crippen LogP contribution < -0.4 is 15.1 Å². The van der Waals surface area contributed by atoms with Crippen LogP contribution in [0.25, 0.3) is 11.5 Å². The fourth-order valence-corrected chi connectivity index (χ4v) is 4.42. The molecule has 0 fully saturated rings. The number of carbonyl (C=O) groups is 1. The first-order chi connectivity index (χ1) is 19.0. The molecule has 1 amide bonds. The number of carbonyl (C=O) groups excluding carboxylic acids is 1. The smallest absolute Gasteiger partial charge is 0.260 e. The van der Waals surface area contributed by atoms with E-state index < -0.39 is 26.8 Å². The van der Waals surface area contributed by atoms with Crippen molar-refractivity contribution in [3.8, 4) is 11.5 Å². The molecule has 0 aliphatic carbocycles. The molecule has 20 radical (unpaired) electrons. The molecular formula is C22H18B10N8O. The maximum atomic E-state index is 13.9. The van der Waals surface area contributed by atoms with E-state index in [2.05, 4.69) is 25.5 Å². The lowest BCUT2D eigenvalue weighted by Crippen LogP contribution is -2.72. The SMILES string of the molecule is [B]C([B])([B])C([B])([B])N(c1cc2c(c(CNC)n1)CN(c1cccc(-c3nncn3CC)n1)C2=O)C([B])([B])C([B])([B])[B]. The molecule has 0 spiro atoms. The zero-order valence-corrected chi connectivity index (χ0v) is 22.8. The number of aromatic nitrogens is 5. The quantitative estimate of drug-likeness (QED) is 0.299. The molecule has 1 aliphatic rings.